The molecule has 7 heteroatoms. The molecular formula is C35H47NO6. The van der Waals surface area contributed by atoms with Gasteiger partial charge in [-0.15, -0.1) is 0 Å². The zero-order valence-electron chi connectivity index (χ0n) is 26.4. The van der Waals surface area contributed by atoms with Crippen LogP contribution < -0.4 is 14.8 Å². The standard InChI is InChI=1S/C35H47NO6/c1-9-15-30(42-28-19-18-23(34(5,6)10-2)20-27(28)35(7,8)11-3)36-33(39)26-21-29(41-22-31(37)40-12-4)24-16-13-14-17-25(24)32(26)38/h13-14,16-21,30,38H,9-12,15,22H2,1-8H3,(H,36,39). The number of aromatic hydroxyl groups is 1. The Bertz CT molecular complexity index is 1390. The van der Waals surface area contributed by atoms with Crippen LogP contribution in [0.4, 0.5) is 0 Å². The van der Waals surface area contributed by atoms with Crippen LogP contribution in [0.15, 0.2) is 48.5 Å². The van der Waals surface area contributed by atoms with Crippen molar-refractivity contribution in [3.05, 3.63) is 65.2 Å². The van der Waals surface area contributed by atoms with Crippen molar-refractivity contribution in [3.63, 3.8) is 0 Å². The largest absolute Gasteiger partial charge is 0.506 e. The van der Waals surface area contributed by atoms with Crippen LogP contribution >= 0.6 is 0 Å². The van der Waals surface area contributed by atoms with Crippen LogP contribution in [0.2, 0.25) is 0 Å². The molecule has 228 valence electrons. The van der Waals surface area contributed by atoms with Gasteiger partial charge < -0.3 is 24.6 Å². The van der Waals surface area contributed by atoms with Crippen molar-refractivity contribution >= 4 is 22.6 Å². The average Bonchev–Trinajstić information content (AvgIpc) is 2.97. The van der Waals surface area contributed by atoms with Crippen LogP contribution in [-0.4, -0.2) is 36.4 Å². The minimum absolute atomic E-state index is 0.0226. The molecule has 3 aromatic carbocycles. The number of hydrogen-bond donors (Lipinski definition) is 2. The summed E-state index contributed by atoms with van der Waals surface area (Å²) in [6, 6.07) is 14.9. The number of rotatable bonds is 14. The molecule has 0 saturated carbocycles. The van der Waals surface area contributed by atoms with E-state index in [1.807, 2.05) is 13.0 Å². The second-order valence-corrected chi connectivity index (χ2v) is 12.0. The van der Waals surface area contributed by atoms with Gasteiger partial charge in [0.05, 0.1) is 12.2 Å². The molecule has 1 atom stereocenters. The minimum atomic E-state index is -0.631. The fourth-order valence-electron chi connectivity index (χ4n) is 4.74. The molecule has 3 aromatic rings. The highest BCUT2D eigenvalue weighted by molar-refractivity contribution is 6.06. The zero-order chi connectivity index (χ0) is 31.1. The van der Waals surface area contributed by atoms with Crippen molar-refractivity contribution in [2.24, 2.45) is 0 Å². The van der Waals surface area contributed by atoms with Gasteiger partial charge in [0.1, 0.15) is 17.2 Å². The van der Waals surface area contributed by atoms with Crippen LogP contribution in [0, 0.1) is 0 Å². The molecular weight excluding hydrogens is 530 g/mol. The Morgan fingerprint density at radius 1 is 0.881 bits per heavy atom. The fraction of sp³-hybridized carbons (Fsp3) is 0.486. The number of benzene rings is 3. The van der Waals surface area contributed by atoms with Gasteiger partial charge in [-0.1, -0.05) is 91.3 Å². The molecule has 0 aliphatic carbocycles. The van der Waals surface area contributed by atoms with Crippen LogP contribution in [-0.2, 0) is 20.4 Å². The van der Waals surface area contributed by atoms with Crippen molar-refractivity contribution in [1.29, 1.82) is 0 Å². The van der Waals surface area contributed by atoms with E-state index in [1.54, 1.807) is 31.2 Å². The fourth-order valence-corrected chi connectivity index (χ4v) is 4.74. The maximum atomic E-state index is 13.6. The summed E-state index contributed by atoms with van der Waals surface area (Å²) in [5.74, 6) is -0.150. The van der Waals surface area contributed by atoms with Crippen LogP contribution in [0.5, 0.6) is 17.2 Å². The van der Waals surface area contributed by atoms with Crippen molar-refractivity contribution in [2.75, 3.05) is 13.2 Å². The summed E-state index contributed by atoms with van der Waals surface area (Å²) >= 11 is 0. The van der Waals surface area contributed by atoms with E-state index < -0.39 is 18.1 Å². The van der Waals surface area contributed by atoms with Gasteiger partial charge in [0, 0.05) is 22.8 Å². The van der Waals surface area contributed by atoms with Gasteiger partial charge in [-0.2, -0.15) is 0 Å². The van der Waals surface area contributed by atoms with Gasteiger partial charge in [-0.3, -0.25) is 4.79 Å². The number of amides is 1. The second-order valence-electron chi connectivity index (χ2n) is 12.0. The molecule has 1 amide bonds. The van der Waals surface area contributed by atoms with E-state index in [9.17, 15) is 14.7 Å². The summed E-state index contributed by atoms with van der Waals surface area (Å²) in [5, 5.41) is 15.1. The number of esters is 1. The summed E-state index contributed by atoms with van der Waals surface area (Å²) in [4.78, 5) is 25.6. The Hall–Kier alpha value is -3.74. The number of carbonyl (C=O) groups excluding carboxylic acids is 2. The van der Waals surface area contributed by atoms with Crippen molar-refractivity contribution in [3.8, 4) is 17.2 Å². The van der Waals surface area contributed by atoms with E-state index in [4.69, 9.17) is 14.2 Å². The van der Waals surface area contributed by atoms with E-state index in [1.165, 1.54) is 11.6 Å². The Labute approximate surface area is 250 Å². The first-order chi connectivity index (χ1) is 19.9. The average molecular weight is 578 g/mol. The predicted molar refractivity (Wildman–Crippen MR) is 168 cm³/mol. The summed E-state index contributed by atoms with van der Waals surface area (Å²) in [6.45, 7) is 16.9. The summed E-state index contributed by atoms with van der Waals surface area (Å²) < 4.78 is 17.2. The molecule has 0 bridgehead atoms. The number of phenolic OH excluding ortho intramolecular Hbond substituents is 1. The summed E-state index contributed by atoms with van der Waals surface area (Å²) in [5.41, 5.74) is 2.27. The number of nitrogens with one attached hydrogen (secondary N) is 1. The highest BCUT2D eigenvalue weighted by atomic mass is 16.6. The minimum Gasteiger partial charge on any atom is -0.506 e. The van der Waals surface area contributed by atoms with Crippen LogP contribution in [0.25, 0.3) is 10.8 Å². The molecule has 3 rings (SSSR count). The monoisotopic (exact) mass is 577 g/mol. The van der Waals surface area contributed by atoms with E-state index in [0.717, 1.165) is 30.6 Å². The number of ether oxygens (including phenoxy) is 3. The van der Waals surface area contributed by atoms with E-state index >= 15 is 0 Å². The van der Waals surface area contributed by atoms with Crippen LogP contribution in [0.1, 0.15) is 103 Å². The first kappa shape index (κ1) is 32.8. The lowest BCUT2D eigenvalue weighted by molar-refractivity contribution is -0.145. The maximum Gasteiger partial charge on any atom is 0.344 e. The van der Waals surface area contributed by atoms with Crippen LogP contribution in [0.3, 0.4) is 0 Å². The lowest BCUT2D eigenvalue weighted by Gasteiger charge is -2.32. The number of fused-ring (bicyclic) bond motifs is 1. The number of phenols is 1. The predicted octanol–water partition coefficient (Wildman–Crippen LogP) is 7.80. The topological polar surface area (TPSA) is 94.1 Å². The molecule has 1 unspecified atom stereocenters. The molecule has 0 saturated heterocycles. The second kappa shape index (κ2) is 14.0. The number of hydrogen-bond acceptors (Lipinski definition) is 6. The summed E-state index contributed by atoms with van der Waals surface area (Å²) in [6.07, 6.45) is 2.64. The third-order valence-electron chi connectivity index (χ3n) is 8.24. The lowest BCUT2D eigenvalue weighted by atomic mass is 9.76. The molecule has 2 N–H and O–H groups in total. The van der Waals surface area contributed by atoms with Gasteiger partial charge in [0.15, 0.2) is 12.8 Å². The highest BCUT2D eigenvalue weighted by Crippen LogP contribution is 2.39. The Balaban J connectivity index is 1.96. The normalized spacial score (nSPS) is 12.6. The highest BCUT2D eigenvalue weighted by Gasteiger charge is 2.28. The first-order valence-corrected chi connectivity index (χ1v) is 15.0. The van der Waals surface area contributed by atoms with E-state index in [2.05, 4.69) is 59.0 Å². The Morgan fingerprint density at radius 3 is 2.17 bits per heavy atom. The molecule has 0 aliphatic rings. The first-order valence-electron chi connectivity index (χ1n) is 15.0. The molecule has 42 heavy (non-hydrogen) atoms. The smallest absolute Gasteiger partial charge is 0.344 e. The van der Waals surface area contributed by atoms with Gasteiger partial charge in [-0.25, -0.2) is 4.79 Å². The molecule has 0 radical (unpaired) electrons. The van der Waals surface area contributed by atoms with Crippen molar-refractivity contribution in [1.82, 2.24) is 5.32 Å². The molecule has 0 spiro atoms. The SMILES string of the molecule is CCCC(NC(=O)c1cc(OCC(=O)OCC)c2ccccc2c1O)Oc1ccc(C(C)(C)CC)cc1C(C)(C)CC. The van der Waals surface area contributed by atoms with Crippen molar-refractivity contribution in [2.45, 2.75) is 98.1 Å². The zero-order valence-corrected chi connectivity index (χ0v) is 26.4. The maximum absolute atomic E-state index is 13.6. The number of carbonyl (C=O) groups is 2. The van der Waals surface area contributed by atoms with E-state index in [-0.39, 0.29) is 35.4 Å². The quantitative estimate of drug-likeness (QED) is 0.150. The van der Waals surface area contributed by atoms with E-state index in [0.29, 0.717) is 22.9 Å². The molecule has 7 nitrogen and oxygen atoms in total. The summed E-state index contributed by atoms with van der Waals surface area (Å²) in [7, 11) is 0. The van der Waals surface area contributed by atoms with Gasteiger partial charge in [-0.05, 0) is 48.3 Å². The van der Waals surface area contributed by atoms with Gasteiger partial charge >= 0.3 is 5.97 Å². The van der Waals surface area contributed by atoms with Crippen molar-refractivity contribution < 1.29 is 28.9 Å². The van der Waals surface area contributed by atoms with Gasteiger partial charge in [0.2, 0.25) is 0 Å². The van der Waals surface area contributed by atoms with Gasteiger partial charge in [0.25, 0.3) is 5.91 Å². The molecule has 0 aromatic heterocycles. The lowest BCUT2D eigenvalue weighted by Crippen LogP contribution is -2.39. The molecule has 0 heterocycles. The Kier molecular flexibility index (Phi) is 10.9. The third kappa shape index (κ3) is 7.55. The molecule has 0 fully saturated rings. The Morgan fingerprint density at radius 2 is 1.55 bits per heavy atom. The third-order valence-corrected chi connectivity index (χ3v) is 8.24. The molecule has 0 aliphatic heterocycles.